The Balaban J connectivity index is 1.76. The fourth-order valence-corrected chi connectivity index (χ4v) is 4.64. The van der Waals surface area contributed by atoms with Crippen LogP contribution in [0.4, 0.5) is 5.95 Å². The number of carbonyl (C=O) groups excluding carboxylic acids is 2. The molecule has 0 radical (unpaired) electrons. The number of methoxy groups -OCH3 is 1. The van der Waals surface area contributed by atoms with Gasteiger partial charge in [-0.2, -0.15) is 0 Å². The Labute approximate surface area is 202 Å². The van der Waals surface area contributed by atoms with Crippen LogP contribution in [0.1, 0.15) is 24.1 Å². The molecule has 0 fully saturated rings. The van der Waals surface area contributed by atoms with Crippen molar-refractivity contribution in [2.75, 3.05) is 18.6 Å². The number of ether oxygens (including phenoxy) is 2. The third kappa shape index (κ3) is 3.86. The van der Waals surface area contributed by atoms with Crippen molar-refractivity contribution in [2.24, 2.45) is 5.92 Å². The largest absolute Gasteiger partial charge is 0.504 e. The molecule has 0 saturated carbocycles. The summed E-state index contributed by atoms with van der Waals surface area (Å²) < 4.78 is 12.6. The van der Waals surface area contributed by atoms with Crippen LogP contribution in [-0.2, 0) is 20.9 Å². The number of anilines is 1. The van der Waals surface area contributed by atoms with Crippen LogP contribution >= 0.6 is 0 Å². The number of phenolic OH excluding ortho intramolecular Hbond substituents is 1. The van der Waals surface area contributed by atoms with E-state index in [4.69, 9.17) is 14.5 Å². The van der Waals surface area contributed by atoms with Gasteiger partial charge in [-0.3, -0.25) is 14.5 Å². The highest BCUT2D eigenvalue weighted by molar-refractivity contribution is 6.08. The second-order valence-electron chi connectivity index (χ2n) is 8.29. The number of nitrogens with zero attached hydrogens (tertiary/aromatic N) is 3. The first-order valence-electron chi connectivity index (χ1n) is 11.4. The fourth-order valence-electron chi connectivity index (χ4n) is 4.64. The van der Waals surface area contributed by atoms with Crippen LogP contribution in [0, 0.1) is 5.92 Å². The van der Waals surface area contributed by atoms with Crippen LogP contribution < -0.4 is 9.64 Å². The molecule has 1 amide bonds. The number of hydrogen-bond donors (Lipinski definition) is 1. The average Bonchev–Trinajstić information content (AvgIpc) is 3.26. The number of aromatic hydroxyl groups is 1. The summed E-state index contributed by atoms with van der Waals surface area (Å²) in [6, 6.07) is 21.2. The number of aromatic nitrogens is 2. The SMILES string of the molecule is CCOC(=O)[C@@H]1C(=O)N(Cc2ccccc2)c2nc3ccccc3n2[C@H]1c1ccc(O)c(OC)c1. The number of benzene rings is 3. The molecule has 2 atom stereocenters. The van der Waals surface area contributed by atoms with Crippen molar-refractivity contribution in [3.8, 4) is 11.5 Å². The Morgan fingerprint density at radius 2 is 1.80 bits per heavy atom. The van der Waals surface area contributed by atoms with Crippen molar-refractivity contribution >= 4 is 28.9 Å². The lowest BCUT2D eigenvalue weighted by molar-refractivity contribution is -0.153. The van der Waals surface area contributed by atoms with Crippen LogP contribution in [0.15, 0.2) is 72.8 Å². The predicted octanol–water partition coefficient (Wildman–Crippen LogP) is 4.07. The molecular formula is C27H25N3O5. The zero-order valence-corrected chi connectivity index (χ0v) is 19.4. The van der Waals surface area contributed by atoms with Gasteiger partial charge < -0.3 is 19.1 Å². The highest BCUT2D eigenvalue weighted by atomic mass is 16.5. The van der Waals surface area contributed by atoms with Crippen LogP contribution in [0.2, 0.25) is 0 Å². The number of fused-ring (bicyclic) bond motifs is 3. The van der Waals surface area contributed by atoms with Crippen molar-refractivity contribution in [2.45, 2.75) is 19.5 Å². The summed E-state index contributed by atoms with van der Waals surface area (Å²) in [6.45, 7) is 2.11. The molecule has 4 aromatic rings. The Bertz CT molecular complexity index is 1400. The van der Waals surface area contributed by atoms with Crippen LogP contribution in [-0.4, -0.2) is 40.3 Å². The summed E-state index contributed by atoms with van der Waals surface area (Å²) in [7, 11) is 1.45. The fraction of sp³-hybridized carbons (Fsp3) is 0.222. The zero-order chi connectivity index (χ0) is 24.5. The van der Waals surface area contributed by atoms with Gasteiger partial charge in [0.25, 0.3) is 0 Å². The van der Waals surface area contributed by atoms with Gasteiger partial charge in [-0.25, -0.2) is 4.98 Å². The number of carbonyl (C=O) groups is 2. The Kier molecular flexibility index (Phi) is 5.86. The van der Waals surface area contributed by atoms with Crippen molar-refractivity contribution in [1.29, 1.82) is 0 Å². The molecule has 0 bridgehead atoms. The third-order valence-corrected chi connectivity index (χ3v) is 6.21. The first-order valence-corrected chi connectivity index (χ1v) is 11.4. The molecule has 0 spiro atoms. The maximum Gasteiger partial charge on any atom is 0.321 e. The first-order chi connectivity index (χ1) is 17.0. The molecular weight excluding hydrogens is 446 g/mol. The monoisotopic (exact) mass is 471 g/mol. The van der Waals surface area contributed by atoms with Gasteiger partial charge in [0, 0.05) is 0 Å². The third-order valence-electron chi connectivity index (χ3n) is 6.21. The van der Waals surface area contributed by atoms with E-state index in [9.17, 15) is 14.7 Å². The molecule has 0 aliphatic carbocycles. The van der Waals surface area contributed by atoms with E-state index in [0.717, 1.165) is 11.1 Å². The maximum absolute atomic E-state index is 14.0. The summed E-state index contributed by atoms with van der Waals surface area (Å²) in [5.41, 5.74) is 3.01. The van der Waals surface area contributed by atoms with Gasteiger partial charge in [-0.05, 0) is 42.3 Å². The van der Waals surface area contributed by atoms with Crippen LogP contribution in [0.25, 0.3) is 11.0 Å². The lowest BCUT2D eigenvalue weighted by Gasteiger charge is -2.38. The normalized spacial score (nSPS) is 17.3. The smallest absolute Gasteiger partial charge is 0.321 e. The summed E-state index contributed by atoms with van der Waals surface area (Å²) in [4.78, 5) is 33.6. The quantitative estimate of drug-likeness (QED) is 0.337. The number of para-hydroxylation sites is 2. The second kappa shape index (κ2) is 9.13. The standard InChI is InChI=1S/C27H25N3O5/c1-3-35-26(33)23-24(18-13-14-21(31)22(15-18)34-2)30-20-12-8-7-11-19(20)28-27(30)29(25(23)32)16-17-9-5-4-6-10-17/h4-15,23-24,31H,3,16H2,1-2H3/t23-,24-/m0/s1. The highest BCUT2D eigenvalue weighted by Crippen LogP contribution is 2.43. The molecule has 35 heavy (non-hydrogen) atoms. The zero-order valence-electron chi connectivity index (χ0n) is 19.4. The molecule has 0 saturated heterocycles. The predicted molar refractivity (Wildman–Crippen MR) is 130 cm³/mol. The molecule has 0 unspecified atom stereocenters. The lowest BCUT2D eigenvalue weighted by Crippen LogP contribution is -2.49. The van der Waals surface area contributed by atoms with E-state index in [1.165, 1.54) is 13.2 Å². The van der Waals surface area contributed by atoms with E-state index in [1.807, 2.05) is 59.2 Å². The minimum absolute atomic E-state index is 0.0347. The summed E-state index contributed by atoms with van der Waals surface area (Å²) in [5.74, 6) is -1.51. The van der Waals surface area contributed by atoms with Crippen LogP contribution in [0.3, 0.4) is 0 Å². The lowest BCUT2D eigenvalue weighted by atomic mass is 9.89. The molecule has 3 aromatic carbocycles. The van der Waals surface area contributed by atoms with Crippen molar-refractivity contribution in [1.82, 2.24) is 9.55 Å². The second-order valence-corrected chi connectivity index (χ2v) is 8.29. The Morgan fingerprint density at radius 3 is 2.54 bits per heavy atom. The van der Waals surface area contributed by atoms with Gasteiger partial charge >= 0.3 is 5.97 Å². The van der Waals surface area contributed by atoms with E-state index >= 15 is 0 Å². The molecule has 2 heterocycles. The molecule has 1 aliphatic heterocycles. The van der Waals surface area contributed by atoms with Crippen molar-refractivity contribution < 1.29 is 24.2 Å². The number of amides is 1. The number of imidazole rings is 1. The van der Waals surface area contributed by atoms with E-state index in [2.05, 4.69) is 0 Å². The average molecular weight is 472 g/mol. The molecule has 1 aliphatic rings. The Morgan fingerprint density at radius 1 is 1.06 bits per heavy atom. The van der Waals surface area contributed by atoms with E-state index in [1.54, 1.807) is 24.0 Å². The minimum atomic E-state index is -1.15. The van der Waals surface area contributed by atoms with Gasteiger partial charge in [0.05, 0.1) is 37.3 Å². The molecule has 178 valence electrons. The minimum Gasteiger partial charge on any atom is -0.504 e. The van der Waals surface area contributed by atoms with E-state index in [0.29, 0.717) is 17.0 Å². The van der Waals surface area contributed by atoms with Gasteiger partial charge in [-0.15, -0.1) is 0 Å². The number of rotatable bonds is 6. The molecule has 8 nitrogen and oxygen atoms in total. The van der Waals surface area contributed by atoms with Gasteiger partial charge in [-0.1, -0.05) is 48.5 Å². The highest BCUT2D eigenvalue weighted by Gasteiger charge is 2.48. The molecule has 1 aromatic heterocycles. The Hall–Kier alpha value is -4.33. The number of esters is 1. The molecule has 5 rings (SSSR count). The van der Waals surface area contributed by atoms with Gasteiger partial charge in [0.15, 0.2) is 17.4 Å². The van der Waals surface area contributed by atoms with Gasteiger partial charge in [0.1, 0.15) is 0 Å². The summed E-state index contributed by atoms with van der Waals surface area (Å²) >= 11 is 0. The number of phenols is 1. The molecule has 1 N–H and O–H groups in total. The maximum atomic E-state index is 14.0. The van der Waals surface area contributed by atoms with E-state index in [-0.39, 0.29) is 24.7 Å². The van der Waals surface area contributed by atoms with E-state index < -0.39 is 23.8 Å². The summed E-state index contributed by atoms with van der Waals surface area (Å²) in [6.07, 6.45) is 0. The number of hydrogen-bond acceptors (Lipinski definition) is 6. The van der Waals surface area contributed by atoms with Gasteiger partial charge in [0.2, 0.25) is 11.9 Å². The topological polar surface area (TPSA) is 93.9 Å². The summed E-state index contributed by atoms with van der Waals surface area (Å²) in [5, 5.41) is 10.2. The first kappa shape index (κ1) is 22.5. The van der Waals surface area contributed by atoms with Crippen molar-refractivity contribution in [3.05, 3.63) is 83.9 Å². The van der Waals surface area contributed by atoms with Crippen LogP contribution in [0.5, 0.6) is 11.5 Å². The molecule has 8 heteroatoms. The van der Waals surface area contributed by atoms with Crippen molar-refractivity contribution in [3.63, 3.8) is 0 Å².